The molecule has 1 aliphatic heterocycles. The Labute approximate surface area is 326 Å². The molecular weight excluding hydrogens is 731 g/mol. The van der Waals surface area contributed by atoms with E-state index in [2.05, 4.69) is 5.32 Å². The fourth-order valence-electron chi connectivity index (χ4n) is 6.18. The van der Waals surface area contributed by atoms with E-state index >= 15 is 0 Å². The number of hydroxylamine groups is 2. The van der Waals surface area contributed by atoms with E-state index < -0.39 is 23.3 Å². The van der Waals surface area contributed by atoms with Crippen molar-refractivity contribution in [2.45, 2.75) is 81.9 Å². The van der Waals surface area contributed by atoms with E-state index in [4.69, 9.17) is 34.3 Å². The number of imide groups is 1. The molecule has 1 saturated heterocycles. The molecule has 0 aromatic heterocycles. The molecule has 0 saturated carbocycles. The molecule has 15 heteroatoms. The van der Waals surface area contributed by atoms with Gasteiger partial charge in [-0.15, -0.1) is 16.8 Å². The number of methoxy groups -OCH3 is 4. The highest BCUT2D eigenvalue weighted by Crippen LogP contribution is 2.36. The van der Waals surface area contributed by atoms with Crippen LogP contribution in [-0.4, -0.2) is 75.2 Å². The van der Waals surface area contributed by atoms with Crippen molar-refractivity contribution in [3.05, 3.63) is 59.0 Å². The van der Waals surface area contributed by atoms with Crippen molar-refractivity contribution in [2.24, 2.45) is 11.7 Å². The maximum atomic E-state index is 13.6. The number of ether oxygens (including phenoxy) is 5. The monoisotopic (exact) mass is 781 g/mol. The number of carbonyl (C=O) groups excluding carboxylic acids is 5. The lowest BCUT2D eigenvalue weighted by molar-refractivity contribution is -0.197. The SMILES string of the molecule is COc1cc(OC)c(/C=C/SCc2ccc(OC)c(OC(=O)C3CCCC=CC(N)(CCNC(=O)CCCC(=O)ON4C(=O)CCC4=O)CC3)c2)c(OC)c1. The molecule has 14 nitrogen and oxygen atoms in total. The largest absolute Gasteiger partial charge is 0.496 e. The fourth-order valence-corrected chi connectivity index (χ4v) is 6.88. The third-order valence-electron chi connectivity index (χ3n) is 9.33. The summed E-state index contributed by atoms with van der Waals surface area (Å²) in [5.74, 6) is 0.417. The van der Waals surface area contributed by atoms with Gasteiger partial charge in [0.05, 0.1) is 39.9 Å². The summed E-state index contributed by atoms with van der Waals surface area (Å²) in [4.78, 5) is 66.1. The van der Waals surface area contributed by atoms with Crippen molar-refractivity contribution in [3.8, 4) is 28.7 Å². The molecule has 2 atom stereocenters. The van der Waals surface area contributed by atoms with Gasteiger partial charge in [0, 0.05) is 55.7 Å². The predicted molar refractivity (Wildman–Crippen MR) is 206 cm³/mol. The average Bonchev–Trinajstić information content (AvgIpc) is 3.53. The zero-order valence-corrected chi connectivity index (χ0v) is 32.7. The summed E-state index contributed by atoms with van der Waals surface area (Å²) in [6.07, 6.45) is 9.69. The summed E-state index contributed by atoms with van der Waals surface area (Å²) >= 11 is 1.55. The van der Waals surface area contributed by atoms with Crippen LogP contribution in [-0.2, 0) is 34.6 Å². The highest BCUT2D eigenvalue weighted by molar-refractivity contribution is 8.01. The molecule has 3 amide bonds. The quantitative estimate of drug-likeness (QED) is 0.0821. The van der Waals surface area contributed by atoms with E-state index in [0.717, 1.165) is 24.0 Å². The number of nitrogens with one attached hydrogen (secondary N) is 1. The van der Waals surface area contributed by atoms with E-state index in [1.165, 1.54) is 7.11 Å². The zero-order valence-electron chi connectivity index (χ0n) is 31.9. The van der Waals surface area contributed by atoms with Gasteiger partial charge in [0.1, 0.15) is 17.2 Å². The Bertz CT molecular complexity index is 1710. The van der Waals surface area contributed by atoms with Crippen molar-refractivity contribution in [1.82, 2.24) is 10.4 Å². The van der Waals surface area contributed by atoms with Crippen molar-refractivity contribution in [2.75, 3.05) is 35.0 Å². The zero-order chi connectivity index (χ0) is 39.8. The summed E-state index contributed by atoms with van der Waals surface area (Å²) in [5.41, 5.74) is 7.75. The van der Waals surface area contributed by atoms with Crippen molar-refractivity contribution >= 4 is 47.5 Å². The van der Waals surface area contributed by atoms with Crippen LogP contribution in [0, 0.1) is 5.92 Å². The van der Waals surface area contributed by atoms with Gasteiger partial charge in [-0.05, 0) is 74.1 Å². The molecule has 2 aromatic rings. The first-order chi connectivity index (χ1) is 26.5. The number of nitrogens with two attached hydrogens (primary N) is 1. The molecule has 1 aliphatic carbocycles. The number of nitrogens with zero attached hydrogens (tertiary/aromatic N) is 1. The Morgan fingerprint density at radius 3 is 2.31 bits per heavy atom. The minimum Gasteiger partial charge on any atom is -0.496 e. The second-order valence-electron chi connectivity index (χ2n) is 13.3. The topological polar surface area (TPSA) is 182 Å². The lowest BCUT2D eigenvalue weighted by atomic mass is 9.86. The number of benzene rings is 2. The minimum absolute atomic E-state index is 0.0150. The predicted octanol–water partition coefficient (Wildman–Crippen LogP) is 5.65. The number of carbonyl (C=O) groups is 5. The van der Waals surface area contributed by atoms with Gasteiger partial charge in [-0.1, -0.05) is 18.2 Å². The maximum Gasteiger partial charge on any atom is 0.333 e. The first-order valence-corrected chi connectivity index (χ1v) is 19.3. The van der Waals surface area contributed by atoms with Gasteiger partial charge in [-0.25, -0.2) is 4.79 Å². The lowest BCUT2D eigenvalue weighted by Gasteiger charge is -2.27. The van der Waals surface area contributed by atoms with Crippen molar-refractivity contribution in [3.63, 3.8) is 0 Å². The third kappa shape index (κ3) is 12.8. The van der Waals surface area contributed by atoms with Crippen LogP contribution < -0.4 is 34.7 Å². The van der Waals surface area contributed by atoms with Crippen LogP contribution in [0.3, 0.4) is 0 Å². The van der Waals surface area contributed by atoms with Gasteiger partial charge >= 0.3 is 11.9 Å². The van der Waals surface area contributed by atoms with Gasteiger partial charge in [-0.3, -0.25) is 19.2 Å². The van der Waals surface area contributed by atoms with E-state index in [9.17, 15) is 24.0 Å². The molecule has 298 valence electrons. The van der Waals surface area contributed by atoms with Crippen LogP contribution in [0.5, 0.6) is 28.7 Å². The van der Waals surface area contributed by atoms with Gasteiger partial charge in [0.25, 0.3) is 11.8 Å². The second-order valence-corrected chi connectivity index (χ2v) is 14.2. The summed E-state index contributed by atoms with van der Waals surface area (Å²) in [7, 11) is 6.29. The van der Waals surface area contributed by atoms with Crippen molar-refractivity contribution < 1.29 is 52.5 Å². The number of amides is 3. The molecule has 2 aliphatic rings. The van der Waals surface area contributed by atoms with Gasteiger partial charge in [0.15, 0.2) is 11.5 Å². The Kier molecular flexibility index (Phi) is 16.4. The lowest BCUT2D eigenvalue weighted by Crippen LogP contribution is -2.42. The molecule has 55 heavy (non-hydrogen) atoms. The van der Waals surface area contributed by atoms with E-state index in [1.54, 1.807) is 51.3 Å². The molecule has 1 heterocycles. The van der Waals surface area contributed by atoms with E-state index in [-0.39, 0.29) is 49.9 Å². The molecule has 2 aromatic carbocycles. The highest BCUT2D eigenvalue weighted by Gasteiger charge is 2.33. The number of thioether (sulfide) groups is 1. The summed E-state index contributed by atoms with van der Waals surface area (Å²) < 4.78 is 27.9. The molecule has 0 spiro atoms. The summed E-state index contributed by atoms with van der Waals surface area (Å²) in [6, 6.07) is 9.11. The number of allylic oxidation sites excluding steroid dienone is 1. The van der Waals surface area contributed by atoms with Crippen LogP contribution in [0.15, 0.2) is 47.9 Å². The number of hydrogen-bond acceptors (Lipinski definition) is 13. The summed E-state index contributed by atoms with van der Waals surface area (Å²) in [6.45, 7) is 0.300. The van der Waals surface area contributed by atoms with Gasteiger partial charge in [0.2, 0.25) is 5.91 Å². The maximum absolute atomic E-state index is 13.6. The van der Waals surface area contributed by atoms with Crippen LogP contribution >= 0.6 is 11.8 Å². The standard InChI is InChI=1S/C40H51N3O11S/c1-49-29-24-32(51-3)30(33(25-29)52-4)17-22-55-26-27-12-13-31(50-2)34(23-27)53-39(48)28-9-6-5-7-18-40(41,19-16-28)20-21-42-35(44)10-8-11-38(47)54-43-36(45)14-15-37(43)46/h7,12-13,17-18,22-25,28H,5-6,8-11,14-16,19-21,26,41H2,1-4H3,(H,42,44)/b18-7?,22-17+. The number of esters is 1. The molecule has 0 radical (unpaired) electrons. The fraction of sp³-hybridized carbons (Fsp3) is 0.475. The third-order valence-corrected chi connectivity index (χ3v) is 10.2. The van der Waals surface area contributed by atoms with Crippen LogP contribution in [0.4, 0.5) is 0 Å². The minimum atomic E-state index is -0.753. The smallest absolute Gasteiger partial charge is 0.333 e. The highest BCUT2D eigenvalue weighted by atomic mass is 32.2. The Morgan fingerprint density at radius 1 is 0.927 bits per heavy atom. The molecule has 2 unspecified atom stereocenters. The van der Waals surface area contributed by atoms with Crippen LogP contribution in [0.2, 0.25) is 0 Å². The first-order valence-electron chi connectivity index (χ1n) is 18.3. The molecule has 1 fully saturated rings. The van der Waals surface area contributed by atoms with Crippen LogP contribution in [0.25, 0.3) is 6.08 Å². The van der Waals surface area contributed by atoms with Crippen molar-refractivity contribution in [1.29, 1.82) is 0 Å². The Balaban J connectivity index is 1.26. The van der Waals surface area contributed by atoms with Gasteiger partial charge in [-0.2, -0.15) is 0 Å². The molecular formula is C40H51N3O11S. The summed E-state index contributed by atoms with van der Waals surface area (Å²) in [5, 5.41) is 5.29. The average molecular weight is 782 g/mol. The van der Waals surface area contributed by atoms with E-state index in [1.807, 2.05) is 35.8 Å². The molecule has 3 N–H and O–H groups in total. The second kappa shape index (κ2) is 21.2. The molecule has 4 rings (SSSR count). The van der Waals surface area contributed by atoms with Gasteiger partial charge < -0.3 is 39.6 Å². The number of hydrogen-bond donors (Lipinski definition) is 2. The molecule has 0 bridgehead atoms. The number of rotatable bonds is 18. The first kappa shape index (κ1) is 42.7. The Hall–Kier alpha value is -5.02. The van der Waals surface area contributed by atoms with Crippen LogP contribution in [0.1, 0.15) is 81.8 Å². The Morgan fingerprint density at radius 2 is 1.64 bits per heavy atom. The van der Waals surface area contributed by atoms with E-state index in [0.29, 0.717) is 71.8 Å². The normalized spacial score (nSPS) is 18.6.